The number of nitrogens with zero attached hydrogens (tertiary/aromatic N) is 1. The molecule has 3 heteroatoms. The molecule has 0 aliphatic carbocycles. The van der Waals surface area contributed by atoms with Crippen molar-refractivity contribution in [2.45, 2.75) is 19.3 Å². The van der Waals surface area contributed by atoms with Gasteiger partial charge in [0.15, 0.2) is 0 Å². The molecule has 3 N–H and O–H groups in total. The van der Waals surface area contributed by atoms with Gasteiger partial charge in [0.25, 0.3) is 0 Å². The second-order valence-electron chi connectivity index (χ2n) is 3.68. The highest BCUT2D eigenvalue weighted by atomic mass is 15.2. The molecule has 0 radical (unpaired) electrons. The molecular formula is C10H17N3. The lowest BCUT2D eigenvalue weighted by molar-refractivity contribution is 0.278. The van der Waals surface area contributed by atoms with Crippen molar-refractivity contribution in [2.24, 2.45) is 5.73 Å². The number of allylic oxidation sites excluding steroid dienone is 2. The highest BCUT2D eigenvalue weighted by Gasteiger charge is 2.14. The minimum atomic E-state index is 0.778. The fourth-order valence-corrected chi connectivity index (χ4v) is 1.89. The third-order valence-corrected chi connectivity index (χ3v) is 2.69. The molecule has 2 aliphatic rings. The molecule has 13 heavy (non-hydrogen) atoms. The average Bonchev–Trinajstić information content (AvgIpc) is 2.20. The molecule has 0 amide bonds. The van der Waals surface area contributed by atoms with E-state index in [0.29, 0.717) is 0 Å². The molecule has 2 rings (SSSR count). The molecule has 0 aromatic heterocycles. The Morgan fingerprint density at radius 1 is 1.15 bits per heavy atom. The van der Waals surface area contributed by atoms with Crippen LogP contribution in [0.1, 0.15) is 19.3 Å². The molecule has 0 aromatic rings. The van der Waals surface area contributed by atoms with E-state index in [-0.39, 0.29) is 0 Å². The predicted octanol–water partition coefficient (Wildman–Crippen LogP) is 0.760. The molecule has 0 atom stereocenters. The van der Waals surface area contributed by atoms with Gasteiger partial charge < -0.3 is 16.0 Å². The van der Waals surface area contributed by atoms with Crippen molar-refractivity contribution < 1.29 is 0 Å². The fourth-order valence-electron chi connectivity index (χ4n) is 1.89. The van der Waals surface area contributed by atoms with E-state index in [2.05, 4.69) is 16.3 Å². The minimum Gasteiger partial charge on any atom is -0.386 e. The predicted molar refractivity (Wildman–Crippen MR) is 53.8 cm³/mol. The number of hydrogen-bond donors (Lipinski definition) is 2. The molecule has 2 aliphatic heterocycles. The third kappa shape index (κ3) is 1.97. The van der Waals surface area contributed by atoms with Gasteiger partial charge in [0.1, 0.15) is 0 Å². The zero-order chi connectivity index (χ0) is 9.10. The second-order valence-corrected chi connectivity index (χ2v) is 3.68. The highest BCUT2D eigenvalue weighted by Crippen LogP contribution is 2.15. The van der Waals surface area contributed by atoms with Gasteiger partial charge in [-0.2, -0.15) is 0 Å². The van der Waals surface area contributed by atoms with Gasteiger partial charge in [-0.15, -0.1) is 0 Å². The van der Waals surface area contributed by atoms with E-state index in [9.17, 15) is 0 Å². The lowest BCUT2D eigenvalue weighted by atomic mass is 10.1. The van der Waals surface area contributed by atoms with Gasteiger partial charge in [-0.05, 0) is 31.4 Å². The molecular weight excluding hydrogens is 162 g/mol. The summed E-state index contributed by atoms with van der Waals surface area (Å²) in [6.07, 6.45) is 8.13. The number of likely N-dealkylation sites (tertiary alicyclic amines) is 1. The molecule has 0 bridgehead atoms. The fraction of sp³-hybridized carbons (Fsp3) is 0.600. The van der Waals surface area contributed by atoms with Crippen molar-refractivity contribution in [3.05, 3.63) is 23.7 Å². The van der Waals surface area contributed by atoms with Crippen molar-refractivity contribution in [3.63, 3.8) is 0 Å². The molecule has 1 fully saturated rings. The van der Waals surface area contributed by atoms with E-state index in [4.69, 9.17) is 5.73 Å². The Kier molecular flexibility index (Phi) is 2.43. The Balaban J connectivity index is 1.99. The van der Waals surface area contributed by atoms with E-state index in [1.807, 2.05) is 6.08 Å². The monoisotopic (exact) mass is 179 g/mol. The van der Waals surface area contributed by atoms with Crippen LogP contribution in [-0.2, 0) is 0 Å². The minimum absolute atomic E-state index is 0.778. The Hall–Kier alpha value is -1.12. The van der Waals surface area contributed by atoms with Crippen molar-refractivity contribution in [2.75, 3.05) is 19.6 Å². The first-order valence-corrected chi connectivity index (χ1v) is 5.01. The van der Waals surface area contributed by atoms with Crippen LogP contribution in [0.3, 0.4) is 0 Å². The zero-order valence-corrected chi connectivity index (χ0v) is 7.92. The molecule has 0 spiro atoms. The maximum absolute atomic E-state index is 5.61. The second kappa shape index (κ2) is 3.73. The first-order chi connectivity index (χ1) is 6.36. The van der Waals surface area contributed by atoms with E-state index in [1.54, 1.807) is 0 Å². The summed E-state index contributed by atoms with van der Waals surface area (Å²) in [5.41, 5.74) is 7.00. The first-order valence-electron chi connectivity index (χ1n) is 5.01. The lowest BCUT2D eigenvalue weighted by Gasteiger charge is -2.32. The van der Waals surface area contributed by atoms with Gasteiger partial charge in [-0.25, -0.2) is 0 Å². The number of rotatable bonds is 1. The van der Waals surface area contributed by atoms with Gasteiger partial charge in [0.05, 0.1) is 12.4 Å². The van der Waals surface area contributed by atoms with Crippen molar-refractivity contribution in [1.82, 2.24) is 10.2 Å². The van der Waals surface area contributed by atoms with E-state index in [1.165, 1.54) is 38.0 Å². The van der Waals surface area contributed by atoms with Crippen LogP contribution in [0.25, 0.3) is 0 Å². The highest BCUT2D eigenvalue weighted by molar-refractivity contribution is 5.21. The molecule has 1 saturated heterocycles. The summed E-state index contributed by atoms with van der Waals surface area (Å²) >= 11 is 0. The maximum Gasteiger partial charge on any atom is 0.0963 e. The van der Waals surface area contributed by atoms with Crippen LogP contribution in [0.2, 0.25) is 0 Å². The lowest BCUT2D eigenvalue weighted by Crippen LogP contribution is -2.36. The Morgan fingerprint density at radius 3 is 2.54 bits per heavy atom. The summed E-state index contributed by atoms with van der Waals surface area (Å²) in [7, 11) is 0. The van der Waals surface area contributed by atoms with Crippen LogP contribution in [0, 0.1) is 0 Å². The Labute approximate surface area is 79.3 Å². The standard InChI is InChI=1S/C10H17N3/c11-10-5-4-9(8-12-10)13-6-2-1-3-7-13/h4-5,12H,1-3,6-8,11H2. The average molecular weight is 179 g/mol. The number of nitrogens with two attached hydrogens (primary N) is 1. The summed E-state index contributed by atoms with van der Waals surface area (Å²) in [4.78, 5) is 2.46. The molecule has 0 saturated carbocycles. The smallest absolute Gasteiger partial charge is 0.0963 e. The Morgan fingerprint density at radius 2 is 1.92 bits per heavy atom. The van der Waals surface area contributed by atoms with Gasteiger partial charge >= 0.3 is 0 Å². The maximum atomic E-state index is 5.61. The van der Waals surface area contributed by atoms with Gasteiger partial charge in [0.2, 0.25) is 0 Å². The van der Waals surface area contributed by atoms with E-state index >= 15 is 0 Å². The summed E-state index contributed by atoms with van der Waals surface area (Å²) in [5.74, 6) is 0.778. The van der Waals surface area contributed by atoms with Gasteiger partial charge in [-0.1, -0.05) is 0 Å². The zero-order valence-electron chi connectivity index (χ0n) is 7.92. The normalized spacial score (nSPS) is 23.2. The van der Waals surface area contributed by atoms with Crippen molar-refractivity contribution >= 4 is 0 Å². The summed E-state index contributed by atoms with van der Waals surface area (Å²) in [5, 5.41) is 3.16. The number of piperidine rings is 1. The SMILES string of the molecule is NC1=CC=C(N2CCCCC2)CN1. The summed E-state index contributed by atoms with van der Waals surface area (Å²) in [6.45, 7) is 3.31. The number of dihydropyridines is 1. The molecule has 0 aromatic carbocycles. The van der Waals surface area contributed by atoms with Gasteiger partial charge in [-0.3, -0.25) is 0 Å². The molecule has 0 unspecified atom stereocenters. The van der Waals surface area contributed by atoms with Gasteiger partial charge in [0, 0.05) is 18.8 Å². The molecule has 72 valence electrons. The number of nitrogens with one attached hydrogen (secondary N) is 1. The van der Waals surface area contributed by atoms with Crippen LogP contribution in [0.4, 0.5) is 0 Å². The summed E-state index contributed by atoms with van der Waals surface area (Å²) in [6, 6.07) is 0. The first kappa shape index (κ1) is 8.48. The van der Waals surface area contributed by atoms with Crippen LogP contribution >= 0.6 is 0 Å². The quantitative estimate of drug-likeness (QED) is 0.624. The number of hydrogen-bond acceptors (Lipinski definition) is 3. The van der Waals surface area contributed by atoms with E-state index < -0.39 is 0 Å². The van der Waals surface area contributed by atoms with Crippen LogP contribution in [-0.4, -0.2) is 24.5 Å². The van der Waals surface area contributed by atoms with E-state index in [0.717, 1.165) is 12.4 Å². The van der Waals surface area contributed by atoms with Crippen molar-refractivity contribution in [1.29, 1.82) is 0 Å². The van der Waals surface area contributed by atoms with Crippen LogP contribution in [0.15, 0.2) is 23.7 Å². The Bertz CT molecular complexity index is 237. The topological polar surface area (TPSA) is 41.3 Å². The van der Waals surface area contributed by atoms with Crippen LogP contribution < -0.4 is 11.1 Å². The van der Waals surface area contributed by atoms with Crippen LogP contribution in [0.5, 0.6) is 0 Å². The molecule has 2 heterocycles. The van der Waals surface area contributed by atoms with Crippen molar-refractivity contribution in [3.8, 4) is 0 Å². The third-order valence-electron chi connectivity index (χ3n) is 2.69. The summed E-state index contributed by atoms with van der Waals surface area (Å²) < 4.78 is 0. The molecule has 3 nitrogen and oxygen atoms in total. The largest absolute Gasteiger partial charge is 0.386 e.